The van der Waals surface area contributed by atoms with E-state index in [1.54, 1.807) is 21.9 Å². The van der Waals surface area contributed by atoms with E-state index < -0.39 is 5.82 Å². The molecular formula is C21H27ClFN5O2. The van der Waals surface area contributed by atoms with Gasteiger partial charge in [-0.1, -0.05) is 6.07 Å². The van der Waals surface area contributed by atoms with E-state index in [2.05, 4.69) is 10.4 Å². The van der Waals surface area contributed by atoms with E-state index in [1.807, 2.05) is 10.9 Å². The van der Waals surface area contributed by atoms with Gasteiger partial charge in [-0.05, 0) is 50.1 Å². The van der Waals surface area contributed by atoms with Crippen molar-refractivity contribution in [1.29, 1.82) is 0 Å². The minimum absolute atomic E-state index is 0. The lowest BCUT2D eigenvalue weighted by Crippen LogP contribution is -2.37. The van der Waals surface area contributed by atoms with Gasteiger partial charge in [-0.25, -0.2) is 4.39 Å². The molecule has 162 valence electrons. The normalized spacial score (nSPS) is 19.7. The number of aromatic nitrogens is 2. The van der Waals surface area contributed by atoms with Crippen molar-refractivity contribution in [2.75, 3.05) is 39.3 Å². The molecule has 4 rings (SSSR count). The third kappa shape index (κ3) is 4.99. The molecule has 0 saturated carbocycles. The molecule has 30 heavy (non-hydrogen) atoms. The number of piperidine rings is 1. The molecule has 7 nitrogen and oxygen atoms in total. The van der Waals surface area contributed by atoms with Crippen LogP contribution in [0.4, 0.5) is 4.39 Å². The molecule has 0 bridgehead atoms. The van der Waals surface area contributed by atoms with Crippen LogP contribution in [0.5, 0.6) is 0 Å². The summed E-state index contributed by atoms with van der Waals surface area (Å²) in [5.41, 5.74) is 0.782. The van der Waals surface area contributed by atoms with Gasteiger partial charge in [-0.2, -0.15) is 5.10 Å². The van der Waals surface area contributed by atoms with Crippen molar-refractivity contribution in [2.24, 2.45) is 0 Å². The lowest BCUT2D eigenvalue weighted by Gasteiger charge is -2.23. The van der Waals surface area contributed by atoms with Crippen LogP contribution in [0.25, 0.3) is 0 Å². The van der Waals surface area contributed by atoms with Crippen LogP contribution in [-0.4, -0.2) is 70.7 Å². The van der Waals surface area contributed by atoms with E-state index in [0.29, 0.717) is 43.9 Å². The SMILES string of the molecule is Cl.O=C(c1cccc(F)c1)N1CCCN(C(=O)c2ccn(C3CCCNC3)n2)CC1. The van der Waals surface area contributed by atoms with Crippen molar-refractivity contribution in [3.05, 3.63) is 53.6 Å². The first-order valence-electron chi connectivity index (χ1n) is 10.2. The second kappa shape index (κ2) is 10.0. The minimum atomic E-state index is -0.425. The van der Waals surface area contributed by atoms with Crippen molar-refractivity contribution >= 4 is 24.2 Å². The molecule has 1 atom stereocenters. The second-order valence-electron chi connectivity index (χ2n) is 7.63. The Bertz CT molecular complexity index is 884. The van der Waals surface area contributed by atoms with Gasteiger partial charge >= 0.3 is 0 Å². The van der Waals surface area contributed by atoms with Crippen LogP contribution in [-0.2, 0) is 0 Å². The molecule has 1 N–H and O–H groups in total. The van der Waals surface area contributed by atoms with Gasteiger partial charge in [0.1, 0.15) is 11.5 Å². The van der Waals surface area contributed by atoms with E-state index in [9.17, 15) is 14.0 Å². The zero-order valence-electron chi connectivity index (χ0n) is 16.8. The smallest absolute Gasteiger partial charge is 0.274 e. The maximum absolute atomic E-state index is 13.4. The van der Waals surface area contributed by atoms with Gasteiger partial charge in [0.15, 0.2) is 0 Å². The highest BCUT2D eigenvalue weighted by atomic mass is 35.5. The maximum Gasteiger partial charge on any atom is 0.274 e. The summed E-state index contributed by atoms with van der Waals surface area (Å²) in [5.74, 6) is -0.730. The molecule has 2 aromatic rings. The lowest BCUT2D eigenvalue weighted by atomic mass is 10.1. The van der Waals surface area contributed by atoms with Gasteiger partial charge in [-0.3, -0.25) is 14.3 Å². The summed E-state index contributed by atoms with van der Waals surface area (Å²) >= 11 is 0. The van der Waals surface area contributed by atoms with Crippen LogP contribution in [0, 0.1) is 5.82 Å². The predicted molar refractivity (Wildman–Crippen MR) is 113 cm³/mol. The average molecular weight is 436 g/mol. The van der Waals surface area contributed by atoms with Crippen LogP contribution < -0.4 is 5.32 Å². The summed E-state index contributed by atoms with van der Waals surface area (Å²) in [4.78, 5) is 29.0. The Morgan fingerprint density at radius 2 is 1.80 bits per heavy atom. The quantitative estimate of drug-likeness (QED) is 0.803. The Labute approximate surface area is 181 Å². The third-order valence-electron chi connectivity index (χ3n) is 5.61. The topological polar surface area (TPSA) is 70.5 Å². The average Bonchev–Trinajstić information content (AvgIpc) is 3.12. The standard InChI is InChI=1S/C21H26FN5O2.ClH/c22-17-5-1-4-16(14-17)20(28)25-9-3-10-26(13-12-25)21(29)19-7-11-27(24-19)18-6-2-8-23-15-18;/h1,4-5,7,11,14,18,23H,2-3,6,8-10,12-13,15H2;1H. The van der Waals surface area contributed by atoms with Crippen LogP contribution in [0.15, 0.2) is 36.5 Å². The number of nitrogens with one attached hydrogen (secondary N) is 1. The zero-order valence-corrected chi connectivity index (χ0v) is 17.6. The number of nitrogens with zero attached hydrogens (tertiary/aromatic N) is 4. The summed E-state index contributed by atoms with van der Waals surface area (Å²) in [6, 6.07) is 7.79. The first-order valence-corrected chi connectivity index (χ1v) is 10.2. The fourth-order valence-electron chi connectivity index (χ4n) is 4.00. The maximum atomic E-state index is 13.4. The van der Waals surface area contributed by atoms with E-state index in [-0.39, 0.29) is 30.3 Å². The number of hydrogen-bond acceptors (Lipinski definition) is 4. The van der Waals surface area contributed by atoms with E-state index in [1.165, 1.54) is 18.2 Å². The van der Waals surface area contributed by atoms with Crippen molar-refractivity contribution in [3.63, 3.8) is 0 Å². The van der Waals surface area contributed by atoms with Crippen LogP contribution in [0.2, 0.25) is 0 Å². The van der Waals surface area contributed by atoms with Crippen molar-refractivity contribution in [3.8, 4) is 0 Å². The molecule has 1 aromatic heterocycles. The highest BCUT2D eigenvalue weighted by molar-refractivity contribution is 5.94. The van der Waals surface area contributed by atoms with Gasteiger partial charge in [0.25, 0.3) is 11.8 Å². The number of amides is 2. The Morgan fingerprint density at radius 3 is 2.50 bits per heavy atom. The van der Waals surface area contributed by atoms with Gasteiger partial charge in [0.2, 0.25) is 0 Å². The largest absolute Gasteiger partial charge is 0.337 e. The van der Waals surface area contributed by atoms with Crippen LogP contribution >= 0.6 is 12.4 Å². The first kappa shape index (κ1) is 22.2. The molecule has 1 aromatic carbocycles. The summed E-state index contributed by atoms with van der Waals surface area (Å²) in [7, 11) is 0. The monoisotopic (exact) mass is 435 g/mol. The third-order valence-corrected chi connectivity index (χ3v) is 5.61. The number of benzene rings is 1. The molecule has 0 radical (unpaired) electrons. The fourth-order valence-corrected chi connectivity index (χ4v) is 4.00. The molecule has 9 heteroatoms. The van der Waals surface area contributed by atoms with Crippen LogP contribution in [0.1, 0.15) is 46.2 Å². The number of hydrogen-bond donors (Lipinski definition) is 1. The molecule has 0 aliphatic carbocycles. The Hall–Kier alpha value is -2.45. The highest BCUT2D eigenvalue weighted by Gasteiger charge is 2.25. The van der Waals surface area contributed by atoms with Crippen LogP contribution in [0.3, 0.4) is 0 Å². The van der Waals surface area contributed by atoms with E-state index in [4.69, 9.17) is 0 Å². The molecule has 0 spiro atoms. The Balaban J connectivity index is 0.00000256. The highest BCUT2D eigenvalue weighted by Crippen LogP contribution is 2.17. The van der Waals surface area contributed by atoms with Gasteiger partial charge < -0.3 is 15.1 Å². The summed E-state index contributed by atoms with van der Waals surface area (Å²) in [5, 5.41) is 7.87. The molecule has 2 saturated heterocycles. The minimum Gasteiger partial charge on any atom is -0.337 e. The second-order valence-corrected chi connectivity index (χ2v) is 7.63. The van der Waals surface area contributed by atoms with Crippen molar-refractivity contribution < 1.29 is 14.0 Å². The molecule has 2 amide bonds. The Kier molecular flexibility index (Phi) is 7.44. The van der Waals surface area contributed by atoms with Gasteiger partial charge in [0.05, 0.1) is 6.04 Å². The summed E-state index contributed by atoms with van der Waals surface area (Å²) < 4.78 is 15.3. The summed E-state index contributed by atoms with van der Waals surface area (Å²) in [6.07, 6.45) is 4.72. The number of halogens is 2. The number of carbonyl (C=O) groups excluding carboxylic acids is 2. The molecule has 3 heterocycles. The van der Waals surface area contributed by atoms with E-state index >= 15 is 0 Å². The fraction of sp³-hybridized carbons (Fsp3) is 0.476. The van der Waals surface area contributed by atoms with Crippen molar-refractivity contribution in [1.82, 2.24) is 24.9 Å². The summed E-state index contributed by atoms with van der Waals surface area (Å²) in [6.45, 7) is 3.88. The van der Waals surface area contributed by atoms with E-state index in [0.717, 1.165) is 25.9 Å². The van der Waals surface area contributed by atoms with Gasteiger partial charge in [0, 0.05) is 44.5 Å². The lowest BCUT2D eigenvalue weighted by molar-refractivity contribution is 0.0714. The first-order chi connectivity index (χ1) is 14.1. The molecule has 2 aliphatic heterocycles. The Morgan fingerprint density at radius 1 is 1.03 bits per heavy atom. The zero-order chi connectivity index (χ0) is 20.2. The van der Waals surface area contributed by atoms with Crippen molar-refractivity contribution in [2.45, 2.75) is 25.3 Å². The number of carbonyl (C=O) groups is 2. The molecule has 2 aliphatic rings. The molecule has 1 unspecified atom stereocenters. The molecular weight excluding hydrogens is 409 g/mol. The van der Waals surface area contributed by atoms with Gasteiger partial charge in [-0.15, -0.1) is 12.4 Å². The predicted octanol–water partition coefficient (Wildman–Crippen LogP) is 2.36. The number of rotatable bonds is 3. The molecule has 2 fully saturated rings.